The van der Waals surface area contributed by atoms with E-state index in [0.29, 0.717) is 12.5 Å². The molecule has 0 unspecified atom stereocenters. The van der Waals surface area contributed by atoms with E-state index >= 15 is 0 Å². The molecular formula is C16H24ClN3O2S. The fraction of sp³-hybridized carbons (Fsp3) is 0.625. The van der Waals surface area contributed by atoms with E-state index in [2.05, 4.69) is 0 Å². The van der Waals surface area contributed by atoms with Crippen LogP contribution in [0, 0.1) is 5.92 Å². The third-order valence-electron chi connectivity index (χ3n) is 4.74. The monoisotopic (exact) mass is 357 g/mol. The molecule has 3 rings (SSSR count). The van der Waals surface area contributed by atoms with Crippen molar-refractivity contribution in [1.82, 2.24) is 9.47 Å². The highest BCUT2D eigenvalue weighted by Crippen LogP contribution is 2.35. The zero-order valence-electron chi connectivity index (χ0n) is 13.3. The minimum absolute atomic E-state index is 0. The lowest BCUT2D eigenvalue weighted by atomic mass is 9.83. The molecule has 1 amide bonds. The highest BCUT2D eigenvalue weighted by Gasteiger charge is 2.37. The lowest BCUT2D eigenvalue weighted by molar-refractivity contribution is -0.135. The second-order valence-electron chi connectivity index (χ2n) is 6.33. The predicted octanol–water partition coefficient (Wildman–Crippen LogP) is 1.30. The van der Waals surface area contributed by atoms with Crippen LogP contribution < -0.4 is 11.3 Å². The van der Waals surface area contributed by atoms with Gasteiger partial charge >= 0.3 is 0 Å². The summed E-state index contributed by atoms with van der Waals surface area (Å²) < 4.78 is 1.88. The maximum absolute atomic E-state index is 12.5. The number of likely N-dealkylation sites (tertiary alicyclic amines) is 1. The fourth-order valence-corrected chi connectivity index (χ4v) is 4.17. The second-order valence-corrected chi connectivity index (χ2v) is 7.31. The van der Waals surface area contributed by atoms with Crippen LogP contribution in [0.4, 0.5) is 0 Å². The molecule has 2 bridgehead atoms. The molecule has 1 fully saturated rings. The first-order valence-electron chi connectivity index (χ1n) is 7.83. The number of aromatic nitrogens is 1. The quantitative estimate of drug-likeness (QED) is 0.881. The van der Waals surface area contributed by atoms with Gasteiger partial charge in [-0.2, -0.15) is 11.8 Å². The van der Waals surface area contributed by atoms with Crippen LogP contribution in [0.1, 0.15) is 24.5 Å². The summed E-state index contributed by atoms with van der Waals surface area (Å²) in [6.07, 6.45) is 3.81. The number of nitrogens with zero attached hydrogens (tertiary/aromatic N) is 2. The molecule has 2 N–H and O–H groups in total. The van der Waals surface area contributed by atoms with E-state index in [1.54, 1.807) is 17.8 Å². The Kier molecular flexibility index (Phi) is 6.17. The molecule has 23 heavy (non-hydrogen) atoms. The van der Waals surface area contributed by atoms with Crippen molar-refractivity contribution < 1.29 is 4.79 Å². The summed E-state index contributed by atoms with van der Waals surface area (Å²) in [4.78, 5) is 26.5. The summed E-state index contributed by atoms with van der Waals surface area (Å²) >= 11 is 1.71. The van der Waals surface area contributed by atoms with Crippen molar-refractivity contribution >= 4 is 30.1 Å². The van der Waals surface area contributed by atoms with Gasteiger partial charge in [-0.05, 0) is 36.8 Å². The first-order chi connectivity index (χ1) is 10.6. The molecule has 3 heterocycles. The van der Waals surface area contributed by atoms with Crippen molar-refractivity contribution in [2.45, 2.75) is 31.3 Å². The van der Waals surface area contributed by atoms with Crippen molar-refractivity contribution in [2.24, 2.45) is 11.7 Å². The smallest absolute Gasteiger partial charge is 0.250 e. The third-order valence-corrected chi connectivity index (χ3v) is 5.39. The molecule has 3 atom stereocenters. The van der Waals surface area contributed by atoms with Crippen molar-refractivity contribution in [3.63, 3.8) is 0 Å². The molecule has 2 aliphatic rings. The van der Waals surface area contributed by atoms with Crippen LogP contribution in [0.15, 0.2) is 23.0 Å². The number of nitrogens with two attached hydrogens (primary N) is 1. The number of hydrogen-bond acceptors (Lipinski definition) is 4. The van der Waals surface area contributed by atoms with Crippen LogP contribution in [-0.4, -0.2) is 46.5 Å². The SMILES string of the molecule is CSCC[C@H](N)C(=O)N1C[C@H]2C[C@@H](C1)c1cccc(=O)n1C2.Cl. The molecule has 7 heteroatoms. The molecule has 0 aliphatic carbocycles. The fourth-order valence-electron chi connectivity index (χ4n) is 3.68. The van der Waals surface area contributed by atoms with E-state index < -0.39 is 6.04 Å². The van der Waals surface area contributed by atoms with Gasteiger partial charge in [-0.3, -0.25) is 9.59 Å². The highest BCUT2D eigenvalue weighted by atomic mass is 35.5. The summed E-state index contributed by atoms with van der Waals surface area (Å²) in [6, 6.07) is 5.05. The number of amides is 1. The Bertz CT molecular complexity index is 622. The van der Waals surface area contributed by atoms with Crippen LogP contribution in [0.5, 0.6) is 0 Å². The lowest BCUT2D eigenvalue weighted by Gasteiger charge is -2.43. The maximum Gasteiger partial charge on any atom is 0.250 e. The Morgan fingerprint density at radius 3 is 2.91 bits per heavy atom. The first kappa shape index (κ1) is 18.4. The Hall–Kier alpha value is -0.980. The Morgan fingerprint density at radius 1 is 1.39 bits per heavy atom. The summed E-state index contributed by atoms with van der Waals surface area (Å²) in [6.45, 7) is 2.13. The lowest BCUT2D eigenvalue weighted by Crippen LogP contribution is -2.53. The van der Waals surface area contributed by atoms with Crippen LogP contribution >= 0.6 is 24.2 Å². The predicted molar refractivity (Wildman–Crippen MR) is 96.4 cm³/mol. The van der Waals surface area contributed by atoms with Gasteiger partial charge in [-0.15, -0.1) is 12.4 Å². The Morgan fingerprint density at radius 2 is 2.17 bits per heavy atom. The van der Waals surface area contributed by atoms with E-state index in [1.165, 1.54) is 0 Å². The standard InChI is InChI=1S/C16H23N3O2S.ClH/c1-22-6-5-13(17)16(21)18-8-11-7-12(10-18)14-3-2-4-15(20)19(14)9-11;/h2-4,11-13H,5-10,17H2,1H3;1H/t11-,12+,13+;/m1./s1. The Balaban J connectivity index is 0.00000192. The van der Waals surface area contributed by atoms with Gasteiger partial charge in [0.15, 0.2) is 0 Å². The van der Waals surface area contributed by atoms with Crippen molar-refractivity contribution in [1.29, 1.82) is 0 Å². The summed E-state index contributed by atoms with van der Waals surface area (Å²) in [7, 11) is 0. The van der Waals surface area contributed by atoms with Crippen LogP contribution in [0.3, 0.4) is 0 Å². The van der Waals surface area contributed by atoms with Gasteiger partial charge in [0.05, 0.1) is 6.04 Å². The summed E-state index contributed by atoms with van der Waals surface area (Å²) in [5, 5.41) is 0. The van der Waals surface area contributed by atoms with Gasteiger partial charge in [0.25, 0.3) is 5.56 Å². The van der Waals surface area contributed by atoms with Crippen LogP contribution in [0.2, 0.25) is 0 Å². The average Bonchev–Trinajstić information content (AvgIpc) is 2.52. The number of rotatable bonds is 4. The molecule has 5 nitrogen and oxygen atoms in total. The van der Waals surface area contributed by atoms with Gasteiger partial charge in [0.2, 0.25) is 5.91 Å². The molecular weight excluding hydrogens is 334 g/mol. The summed E-state index contributed by atoms with van der Waals surface area (Å²) in [5.74, 6) is 1.60. The van der Waals surface area contributed by atoms with E-state index in [-0.39, 0.29) is 29.8 Å². The normalized spacial score (nSPS) is 23.7. The van der Waals surface area contributed by atoms with Gasteiger partial charge in [0.1, 0.15) is 0 Å². The molecule has 128 valence electrons. The zero-order chi connectivity index (χ0) is 15.7. The molecule has 2 aliphatic heterocycles. The van der Waals surface area contributed by atoms with E-state index in [0.717, 1.165) is 37.4 Å². The average molecular weight is 358 g/mol. The first-order valence-corrected chi connectivity index (χ1v) is 9.22. The van der Waals surface area contributed by atoms with E-state index in [4.69, 9.17) is 5.73 Å². The highest BCUT2D eigenvalue weighted by molar-refractivity contribution is 7.98. The third kappa shape index (κ3) is 3.75. The minimum atomic E-state index is -0.399. The van der Waals surface area contributed by atoms with E-state index in [9.17, 15) is 9.59 Å². The number of thioether (sulfide) groups is 1. The van der Waals surface area contributed by atoms with Gasteiger partial charge < -0.3 is 15.2 Å². The van der Waals surface area contributed by atoms with Gasteiger partial charge in [0, 0.05) is 37.3 Å². The van der Waals surface area contributed by atoms with Crippen molar-refractivity contribution in [3.05, 3.63) is 34.2 Å². The summed E-state index contributed by atoms with van der Waals surface area (Å²) in [5.41, 5.74) is 7.18. The van der Waals surface area contributed by atoms with Crippen LogP contribution in [-0.2, 0) is 11.3 Å². The number of piperidine rings is 1. The number of hydrogen-bond donors (Lipinski definition) is 1. The number of carbonyl (C=O) groups is 1. The molecule has 1 aromatic heterocycles. The van der Waals surface area contributed by atoms with Crippen molar-refractivity contribution in [3.8, 4) is 0 Å². The topological polar surface area (TPSA) is 68.3 Å². The number of halogens is 1. The van der Waals surface area contributed by atoms with E-state index in [1.807, 2.05) is 27.9 Å². The van der Waals surface area contributed by atoms with Gasteiger partial charge in [-0.25, -0.2) is 0 Å². The van der Waals surface area contributed by atoms with Crippen LogP contribution in [0.25, 0.3) is 0 Å². The molecule has 1 saturated heterocycles. The molecule has 0 aromatic carbocycles. The number of fused-ring (bicyclic) bond motifs is 4. The van der Waals surface area contributed by atoms with Crippen molar-refractivity contribution in [2.75, 3.05) is 25.1 Å². The molecule has 1 aromatic rings. The largest absolute Gasteiger partial charge is 0.340 e. The molecule has 0 saturated carbocycles. The Labute approximate surface area is 147 Å². The molecule has 0 radical (unpaired) electrons. The maximum atomic E-state index is 12.5. The second kappa shape index (κ2) is 7.73. The minimum Gasteiger partial charge on any atom is -0.340 e. The zero-order valence-corrected chi connectivity index (χ0v) is 14.9. The molecule has 0 spiro atoms. The van der Waals surface area contributed by atoms with Gasteiger partial charge in [-0.1, -0.05) is 6.07 Å². The number of pyridine rings is 1. The number of carbonyl (C=O) groups excluding carboxylic acids is 1.